The number of rotatable bonds is 5. The molecule has 1 fully saturated rings. The van der Waals surface area contributed by atoms with Crippen molar-refractivity contribution in [2.75, 3.05) is 52.5 Å². The number of carbonyl (C=O) groups excluding carboxylic acids is 1. The van der Waals surface area contributed by atoms with E-state index in [0.717, 1.165) is 56.0 Å². The quantitative estimate of drug-likeness (QED) is 0.739. The van der Waals surface area contributed by atoms with Crippen molar-refractivity contribution in [1.82, 2.24) is 14.7 Å². The monoisotopic (exact) mass is 463 g/mol. The first kappa shape index (κ1) is 23.5. The van der Waals surface area contributed by atoms with Crippen molar-refractivity contribution < 1.29 is 27.8 Å². The maximum Gasteiger partial charge on any atom is 0.416 e. The zero-order chi connectivity index (χ0) is 23.4. The normalized spacial score (nSPS) is 17.9. The second-order valence-corrected chi connectivity index (χ2v) is 8.44. The Balaban J connectivity index is 1.45. The second-order valence-electron chi connectivity index (χ2n) is 8.44. The predicted octanol–water partition coefficient (Wildman–Crippen LogP) is 2.85. The van der Waals surface area contributed by atoms with Crippen LogP contribution in [0.2, 0.25) is 0 Å². The molecule has 0 spiro atoms. The van der Waals surface area contributed by atoms with E-state index in [1.165, 1.54) is 12.1 Å². The van der Waals surface area contributed by atoms with Crippen molar-refractivity contribution in [3.63, 3.8) is 0 Å². The molecule has 0 atom stereocenters. The third kappa shape index (κ3) is 5.85. The summed E-state index contributed by atoms with van der Waals surface area (Å²) in [4.78, 5) is 19.1. The summed E-state index contributed by atoms with van der Waals surface area (Å²) < 4.78 is 45.0. The zero-order valence-corrected chi connectivity index (χ0v) is 18.4. The van der Waals surface area contributed by atoms with Crippen LogP contribution >= 0.6 is 0 Å². The number of amides is 1. The van der Waals surface area contributed by atoms with E-state index in [4.69, 9.17) is 9.84 Å². The van der Waals surface area contributed by atoms with E-state index in [1.807, 2.05) is 18.2 Å². The Morgan fingerprint density at radius 2 is 1.76 bits per heavy atom. The average Bonchev–Trinajstić information content (AvgIpc) is 3.02. The van der Waals surface area contributed by atoms with E-state index in [2.05, 4.69) is 9.80 Å². The first-order valence-electron chi connectivity index (χ1n) is 11.1. The fourth-order valence-corrected chi connectivity index (χ4v) is 4.30. The highest BCUT2D eigenvalue weighted by Gasteiger charge is 2.31. The number of piperazine rings is 1. The van der Waals surface area contributed by atoms with Crippen LogP contribution in [-0.4, -0.2) is 78.2 Å². The predicted molar refractivity (Wildman–Crippen MR) is 117 cm³/mol. The number of halogens is 3. The highest BCUT2D eigenvalue weighted by molar-refractivity contribution is 5.94. The second kappa shape index (κ2) is 10.1. The molecule has 0 aromatic heterocycles. The number of hydrogen-bond acceptors (Lipinski definition) is 5. The molecule has 0 saturated carbocycles. The Kier molecular flexibility index (Phi) is 7.21. The van der Waals surface area contributed by atoms with Gasteiger partial charge in [-0.3, -0.25) is 14.6 Å². The van der Waals surface area contributed by atoms with Gasteiger partial charge in [-0.1, -0.05) is 12.1 Å². The Morgan fingerprint density at radius 3 is 2.48 bits per heavy atom. The summed E-state index contributed by atoms with van der Waals surface area (Å²) in [6.07, 6.45) is -4.50. The molecule has 2 aliphatic heterocycles. The number of hydrogen-bond donors (Lipinski definition) is 1. The van der Waals surface area contributed by atoms with Crippen molar-refractivity contribution in [3.8, 4) is 5.75 Å². The Labute approximate surface area is 191 Å². The molecule has 1 N–H and O–H groups in total. The lowest BCUT2D eigenvalue weighted by atomic mass is 10.1. The molecule has 178 valence electrons. The summed E-state index contributed by atoms with van der Waals surface area (Å²) in [6, 6.07) is 10.5. The molecule has 0 bridgehead atoms. The molecular weight excluding hydrogens is 435 g/mol. The molecule has 2 heterocycles. The Bertz CT molecular complexity index is 975. The number of carbonyl (C=O) groups is 1. The fraction of sp³-hybridized carbons (Fsp3) is 0.458. The molecule has 0 radical (unpaired) electrons. The maximum absolute atomic E-state index is 13.1. The van der Waals surface area contributed by atoms with E-state index in [9.17, 15) is 18.0 Å². The van der Waals surface area contributed by atoms with Gasteiger partial charge >= 0.3 is 6.18 Å². The van der Waals surface area contributed by atoms with E-state index >= 15 is 0 Å². The SMILES string of the molecule is O=C(c1cccc(C(F)(F)F)c1)N1CCOc2ccc(CN3CCN(CCO)CC3)cc2C1. The summed E-state index contributed by atoms with van der Waals surface area (Å²) in [7, 11) is 0. The smallest absolute Gasteiger partial charge is 0.416 e. The van der Waals surface area contributed by atoms with Crippen molar-refractivity contribution in [2.24, 2.45) is 0 Å². The lowest BCUT2D eigenvalue weighted by Gasteiger charge is -2.34. The van der Waals surface area contributed by atoms with Crippen LogP contribution in [0, 0.1) is 0 Å². The summed E-state index contributed by atoms with van der Waals surface area (Å²) in [5.41, 5.74) is 1.14. The number of fused-ring (bicyclic) bond motifs is 1. The number of nitrogens with zero attached hydrogens (tertiary/aromatic N) is 3. The number of aliphatic hydroxyl groups is 1. The molecule has 2 aliphatic rings. The van der Waals surface area contributed by atoms with Crippen molar-refractivity contribution in [1.29, 1.82) is 0 Å². The first-order chi connectivity index (χ1) is 15.8. The number of alkyl halides is 3. The molecular formula is C24H28F3N3O3. The molecule has 1 amide bonds. The lowest BCUT2D eigenvalue weighted by molar-refractivity contribution is -0.137. The van der Waals surface area contributed by atoms with Crippen molar-refractivity contribution >= 4 is 5.91 Å². The summed E-state index contributed by atoms with van der Waals surface area (Å²) in [5, 5.41) is 9.09. The number of β-amino-alcohol motifs (C(OH)–C–C–N with tert-alkyl or cyclic N) is 1. The summed E-state index contributed by atoms with van der Waals surface area (Å²) >= 11 is 0. The lowest BCUT2D eigenvalue weighted by Crippen LogP contribution is -2.46. The average molecular weight is 464 g/mol. The van der Waals surface area contributed by atoms with Gasteiger partial charge in [-0.25, -0.2) is 0 Å². The van der Waals surface area contributed by atoms with Crippen LogP contribution in [0.4, 0.5) is 13.2 Å². The number of benzene rings is 2. The van der Waals surface area contributed by atoms with Crippen LogP contribution in [0.25, 0.3) is 0 Å². The Morgan fingerprint density at radius 1 is 1.00 bits per heavy atom. The summed E-state index contributed by atoms with van der Waals surface area (Å²) in [5.74, 6) is 0.258. The van der Waals surface area contributed by atoms with E-state index in [1.54, 1.807) is 4.90 Å². The molecule has 4 rings (SSSR count). The molecule has 6 nitrogen and oxygen atoms in total. The minimum atomic E-state index is -4.50. The standard InChI is InChI=1S/C24H28F3N3O3/c25-24(26,27)21-3-1-2-19(15-21)23(32)30-11-13-33-22-5-4-18(14-20(22)17-30)16-29-8-6-28(7-9-29)10-12-31/h1-5,14-15,31H,6-13,16-17H2. The molecule has 0 aliphatic carbocycles. The van der Waals surface area contributed by atoms with Gasteiger partial charge in [0, 0.05) is 56.9 Å². The third-order valence-electron chi connectivity index (χ3n) is 6.12. The third-order valence-corrected chi connectivity index (χ3v) is 6.12. The van der Waals surface area contributed by atoms with Gasteiger partial charge in [0.1, 0.15) is 12.4 Å². The van der Waals surface area contributed by atoms with Crippen molar-refractivity contribution in [2.45, 2.75) is 19.3 Å². The molecule has 2 aromatic rings. The molecule has 9 heteroatoms. The fourth-order valence-electron chi connectivity index (χ4n) is 4.30. The molecule has 1 saturated heterocycles. The van der Waals surface area contributed by atoms with Gasteiger partial charge in [0.25, 0.3) is 5.91 Å². The largest absolute Gasteiger partial charge is 0.491 e. The van der Waals surface area contributed by atoms with E-state index < -0.39 is 17.6 Å². The van der Waals surface area contributed by atoms with Crippen LogP contribution in [0.15, 0.2) is 42.5 Å². The highest BCUT2D eigenvalue weighted by Crippen LogP contribution is 2.30. The zero-order valence-electron chi connectivity index (χ0n) is 18.4. The minimum Gasteiger partial charge on any atom is -0.491 e. The number of aliphatic hydroxyl groups excluding tert-OH is 1. The molecule has 2 aromatic carbocycles. The molecule has 0 unspecified atom stereocenters. The van der Waals surface area contributed by atoms with Gasteiger partial charge in [0.2, 0.25) is 0 Å². The van der Waals surface area contributed by atoms with Gasteiger partial charge in [0.05, 0.1) is 18.7 Å². The van der Waals surface area contributed by atoms with Crippen LogP contribution in [0.5, 0.6) is 5.75 Å². The minimum absolute atomic E-state index is 0.0187. The van der Waals surface area contributed by atoms with Gasteiger partial charge < -0.3 is 14.7 Å². The van der Waals surface area contributed by atoms with Crippen LogP contribution < -0.4 is 4.74 Å². The van der Waals surface area contributed by atoms with Gasteiger partial charge in [-0.15, -0.1) is 0 Å². The van der Waals surface area contributed by atoms with E-state index in [0.29, 0.717) is 18.8 Å². The highest BCUT2D eigenvalue weighted by atomic mass is 19.4. The van der Waals surface area contributed by atoms with Gasteiger partial charge in [-0.05, 0) is 35.9 Å². The van der Waals surface area contributed by atoms with E-state index in [-0.39, 0.29) is 25.3 Å². The maximum atomic E-state index is 13.1. The van der Waals surface area contributed by atoms with Crippen LogP contribution in [0.3, 0.4) is 0 Å². The topological polar surface area (TPSA) is 56.2 Å². The summed E-state index contributed by atoms with van der Waals surface area (Å²) in [6.45, 7) is 6.13. The van der Waals surface area contributed by atoms with Crippen LogP contribution in [0.1, 0.15) is 27.0 Å². The molecule has 33 heavy (non-hydrogen) atoms. The number of ether oxygens (including phenoxy) is 1. The first-order valence-corrected chi connectivity index (χ1v) is 11.1. The van der Waals surface area contributed by atoms with Gasteiger partial charge in [-0.2, -0.15) is 13.2 Å². The Hall–Kier alpha value is -2.62. The van der Waals surface area contributed by atoms with Crippen molar-refractivity contribution in [3.05, 3.63) is 64.7 Å². The van der Waals surface area contributed by atoms with Gasteiger partial charge in [0.15, 0.2) is 0 Å². The van der Waals surface area contributed by atoms with Crippen LogP contribution in [-0.2, 0) is 19.3 Å².